The first-order valence-electron chi connectivity index (χ1n) is 9.85. The second kappa shape index (κ2) is 7.41. The predicted octanol–water partition coefficient (Wildman–Crippen LogP) is 3.48. The number of halogens is 2. The fraction of sp³-hybridized carbons (Fsp3) is 0.500. The molecule has 0 bridgehead atoms. The summed E-state index contributed by atoms with van der Waals surface area (Å²) >= 11 is 0. The van der Waals surface area contributed by atoms with Crippen LogP contribution in [0.5, 0.6) is 5.75 Å². The number of aromatic hydroxyl groups is 1. The van der Waals surface area contributed by atoms with E-state index in [4.69, 9.17) is 0 Å². The Kier molecular flexibility index (Phi) is 5.10. The number of benzene rings is 1. The van der Waals surface area contributed by atoms with Crippen molar-refractivity contribution >= 4 is 0 Å². The lowest BCUT2D eigenvalue weighted by Crippen LogP contribution is -2.33. The van der Waals surface area contributed by atoms with E-state index in [9.17, 15) is 19.0 Å². The normalized spacial score (nSPS) is 28.4. The zero-order valence-electron chi connectivity index (χ0n) is 16.0. The molecule has 150 valence electrons. The van der Waals surface area contributed by atoms with E-state index < -0.39 is 17.2 Å². The van der Waals surface area contributed by atoms with Crippen LogP contribution in [0.3, 0.4) is 0 Å². The predicted molar refractivity (Wildman–Crippen MR) is 102 cm³/mol. The lowest BCUT2D eigenvalue weighted by molar-refractivity contribution is 0.0345. The van der Waals surface area contributed by atoms with Gasteiger partial charge in [0.05, 0.1) is 11.8 Å². The van der Waals surface area contributed by atoms with Crippen molar-refractivity contribution in [3.05, 3.63) is 59.4 Å². The lowest BCUT2D eigenvalue weighted by atomic mass is 9.91. The third kappa shape index (κ3) is 4.03. The molecule has 2 heterocycles. The number of likely N-dealkylation sites (tertiary alicyclic amines) is 1. The molecule has 28 heavy (non-hydrogen) atoms. The number of aliphatic hydroxyl groups is 1. The molecule has 1 saturated carbocycles. The van der Waals surface area contributed by atoms with Crippen LogP contribution in [-0.4, -0.2) is 45.3 Å². The van der Waals surface area contributed by atoms with Gasteiger partial charge in [-0.2, -0.15) is 0 Å². The third-order valence-corrected chi connectivity index (χ3v) is 6.28. The van der Waals surface area contributed by atoms with Crippen molar-refractivity contribution in [3.8, 4) is 5.75 Å². The molecule has 4 nitrogen and oxygen atoms in total. The Morgan fingerprint density at radius 1 is 1.18 bits per heavy atom. The Morgan fingerprint density at radius 3 is 2.50 bits per heavy atom. The Balaban J connectivity index is 1.34. The Labute approximate surface area is 163 Å². The molecule has 2 fully saturated rings. The van der Waals surface area contributed by atoms with E-state index in [-0.39, 0.29) is 18.1 Å². The van der Waals surface area contributed by atoms with Crippen molar-refractivity contribution in [2.45, 2.75) is 37.7 Å². The summed E-state index contributed by atoms with van der Waals surface area (Å²) in [6.45, 7) is 4.85. The number of pyridine rings is 1. The van der Waals surface area contributed by atoms with Gasteiger partial charge in [0, 0.05) is 43.7 Å². The van der Waals surface area contributed by atoms with Gasteiger partial charge in [0.15, 0.2) is 0 Å². The van der Waals surface area contributed by atoms with Crippen LogP contribution < -0.4 is 0 Å². The molecule has 2 aromatic rings. The largest absolute Gasteiger partial charge is 0.506 e. The maximum atomic E-state index is 14.0. The highest BCUT2D eigenvalue weighted by Gasteiger charge is 2.48. The molecule has 2 N–H and O–H groups in total. The highest BCUT2D eigenvalue weighted by Crippen LogP contribution is 2.45. The van der Waals surface area contributed by atoms with Gasteiger partial charge in [0.2, 0.25) is 0 Å². The van der Waals surface area contributed by atoms with Gasteiger partial charge in [0.25, 0.3) is 0 Å². The first-order chi connectivity index (χ1) is 13.3. The Hall–Kier alpha value is -2.05. The quantitative estimate of drug-likeness (QED) is 0.823. The first-order valence-corrected chi connectivity index (χ1v) is 9.85. The van der Waals surface area contributed by atoms with Gasteiger partial charge in [0.1, 0.15) is 17.4 Å². The molecule has 4 rings (SSSR count). The van der Waals surface area contributed by atoms with Crippen LogP contribution in [0.1, 0.15) is 36.9 Å². The summed E-state index contributed by atoms with van der Waals surface area (Å²) in [5.41, 5.74) is 0.426. The average molecular weight is 388 g/mol. The fourth-order valence-corrected chi connectivity index (χ4v) is 5.04. The average Bonchev–Trinajstić information content (AvgIpc) is 3.12. The van der Waals surface area contributed by atoms with Gasteiger partial charge in [-0.15, -0.1) is 0 Å². The minimum absolute atomic E-state index is 0.170. The summed E-state index contributed by atoms with van der Waals surface area (Å²) < 4.78 is 27.1. The molecule has 0 spiro atoms. The molecular weight excluding hydrogens is 362 g/mol. The number of hydrogen-bond acceptors (Lipinski definition) is 4. The standard InChI is InChI=1S/C22H26F2N2O2/c1-14(21-5-4-19(27)10-25-21)11-26-12-16-8-22(28,9-17(16)13-26)7-15-2-3-18(23)6-20(15)24/h2-6,10,14,16-17,27-28H,7-9,11-13H2,1H3/t14?,16-,17+,22-. The van der Waals surface area contributed by atoms with Crippen molar-refractivity contribution in [2.24, 2.45) is 11.8 Å². The van der Waals surface area contributed by atoms with Crippen molar-refractivity contribution in [3.63, 3.8) is 0 Å². The van der Waals surface area contributed by atoms with Crippen molar-refractivity contribution < 1.29 is 19.0 Å². The second-order valence-corrected chi connectivity index (χ2v) is 8.63. The van der Waals surface area contributed by atoms with Crippen LogP contribution in [0, 0.1) is 23.5 Å². The third-order valence-electron chi connectivity index (χ3n) is 6.28. The van der Waals surface area contributed by atoms with Crippen LogP contribution in [0.2, 0.25) is 0 Å². The monoisotopic (exact) mass is 388 g/mol. The van der Waals surface area contributed by atoms with E-state index in [1.807, 2.05) is 6.07 Å². The number of hydrogen-bond donors (Lipinski definition) is 2. The van der Waals surface area contributed by atoms with E-state index in [1.165, 1.54) is 18.3 Å². The molecule has 1 aliphatic heterocycles. The summed E-state index contributed by atoms with van der Waals surface area (Å²) in [4.78, 5) is 6.71. The molecule has 2 aliphatic rings. The van der Waals surface area contributed by atoms with Crippen LogP contribution in [0.15, 0.2) is 36.5 Å². The van der Waals surface area contributed by atoms with Gasteiger partial charge < -0.3 is 15.1 Å². The molecule has 1 aliphatic carbocycles. The lowest BCUT2D eigenvalue weighted by Gasteiger charge is -2.27. The molecule has 1 unspecified atom stereocenters. The maximum absolute atomic E-state index is 14.0. The molecule has 1 aromatic carbocycles. The minimum Gasteiger partial charge on any atom is -0.506 e. The first kappa shape index (κ1) is 19.3. The van der Waals surface area contributed by atoms with Crippen molar-refractivity contribution in [1.82, 2.24) is 9.88 Å². The molecule has 6 heteroatoms. The molecular formula is C22H26F2N2O2. The number of nitrogens with zero attached hydrogens (tertiary/aromatic N) is 2. The Morgan fingerprint density at radius 2 is 1.89 bits per heavy atom. The van der Waals surface area contributed by atoms with Gasteiger partial charge >= 0.3 is 0 Å². The van der Waals surface area contributed by atoms with Crippen molar-refractivity contribution in [1.29, 1.82) is 0 Å². The highest BCUT2D eigenvalue weighted by atomic mass is 19.1. The maximum Gasteiger partial charge on any atom is 0.133 e. The zero-order chi connectivity index (χ0) is 19.9. The molecule has 1 saturated heterocycles. The fourth-order valence-electron chi connectivity index (χ4n) is 5.04. The second-order valence-electron chi connectivity index (χ2n) is 8.63. The summed E-state index contributed by atoms with van der Waals surface area (Å²) in [6, 6.07) is 7.08. The summed E-state index contributed by atoms with van der Waals surface area (Å²) in [6.07, 6.45) is 3.01. The SMILES string of the molecule is CC(CN1C[C@@H]2C[C@@](O)(Cc3ccc(F)cc3F)C[C@@H]2C1)c1ccc(O)cn1. The van der Waals surface area contributed by atoms with E-state index in [2.05, 4.69) is 16.8 Å². The van der Waals surface area contributed by atoms with E-state index in [0.29, 0.717) is 30.2 Å². The smallest absolute Gasteiger partial charge is 0.133 e. The van der Waals surface area contributed by atoms with Crippen LogP contribution in [0.4, 0.5) is 8.78 Å². The van der Waals surface area contributed by atoms with Gasteiger partial charge in [-0.25, -0.2) is 8.78 Å². The number of fused-ring (bicyclic) bond motifs is 1. The Bertz CT molecular complexity index is 829. The highest BCUT2D eigenvalue weighted by molar-refractivity contribution is 5.22. The van der Waals surface area contributed by atoms with Gasteiger partial charge in [-0.05, 0) is 48.4 Å². The van der Waals surface area contributed by atoms with Crippen LogP contribution >= 0.6 is 0 Å². The number of rotatable bonds is 5. The van der Waals surface area contributed by atoms with E-state index in [0.717, 1.165) is 31.4 Å². The summed E-state index contributed by atoms with van der Waals surface area (Å²) in [5.74, 6) is 0.0453. The molecule has 0 radical (unpaired) electrons. The zero-order valence-corrected chi connectivity index (χ0v) is 16.0. The minimum atomic E-state index is -0.912. The summed E-state index contributed by atoms with van der Waals surface area (Å²) in [5, 5.41) is 20.4. The molecule has 4 atom stereocenters. The van der Waals surface area contributed by atoms with Crippen LogP contribution in [-0.2, 0) is 6.42 Å². The molecule has 1 aromatic heterocycles. The number of aromatic nitrogens is 1. The van der Waals surface area contributed by atoms with Gasteiger partial charge in [-0.3, -0.25) is 4.98 Å². The molecule has 0 amide bonds. The summed E-state index contributed by atoms with van der Waals surface area (Å²) in [7, 11) is 0. The van der Waals surface area contributed by atoms with Crippen LogP contribution in [0.25, 0.3) is 0 Å². The topological polar surface area (TPSA) is 56.6 Å². The van der Waals surface area contributed by atoms with Gasteiger partial charge in [-0.1, -0.05) is 13.0 Å². The van der Waals surface area contributed by atoms with E-state index in [1.54, 1.807) is 6.07 Å². The van der Waals surface area contributed by atoms with Crippen molar-refractivity contribution in [2.75, 3.05) is 19.6 Å². The van der Waals surface area contributed by atoms with E-state index >= 15 is 0 Å².